The first-order valence-corrected chi connectivity index (χ1v) is 9.10. The molecule has 27 heavy (non-hydrogen) atoms. The highest BCUT2D eigenvalue weighted by Gasteiger charge is 2.13. The van der Waals surface area contributed by atoms with Gasteiger partial charge in [-0.15, -0.1) is 11.3 Å². The molecule has 0 aliphatic carbocycles. The van der Waals surface area contributed by atoms with Crippen molar-refractivity contribution in [3.63, 3.8) is 0 Å². The van der Waals surface area contributed by atoms with Gasteiger partial charge in [0, 0.05) is 11.0 Å². The first-order chi connectivity index (χ1) is 13.0. The fraction of sp³-hybridized carbons (Fsp3) is 0.300. The quantitative estimate of drug-likeness (QED) is 0.369. The number of carbonyl (C=O) groups is 2. The van der Waals surface area contributed by atoms with Gasteiger partial charge in [0.05, 0.1) is 26.2 Å². The number of Topliss-reactive ketones (excluding diaryl/α,β-unsaturated/α-hetero) is 1. The third-order valence-corrected chi connectivity index (χ3v) is 5.00. The van der Waals surface area contributed by atoms with Crippen LogP contribution in [-0.2, 0) is 16.0 Å². The Kier molecular flexibility index (Phi) is 7.43. The number of carbonyl (C=O) groups excluding carboxylic acids is 2. The van der Waals surface area contributed by atoms with Crippen molar-refractivity contribution in [2.45, 2.75) is 13.3 Å². The Labute approximate surface area is 162 Å². The standard InChI is InChI=1S/C20H22O6S/c1-5-14-7-8-18(27-14)15(21)12-26-19(22)9-6-13-10-16(23-2)20(25-4)17(11-13)24-3/h6-11H,5,12H2,1-4H3/b9-6+. The molecule has 0 unspecified atom stereocenters. The summed E-state index contributed by atoms with van der Waals surface area (Å²) in [7, 11) is 4.54. The zero-order valence-corrected chi connectivity index (χ0v) is 16.6. The first kappa shape index (κ1) is 20.5. The van der Waals surface area contributed by atoms with E-state index < -0.39 is 5.97 Å². The summed E-state index contributed by atoms with van der Waals surface area (Å²) in [5.41, 5.74) is 0.665. The van der Waals surface area contributed by atoms with E-state index in [2.05, 4.69) is 0 Å². The minimum absolute atomic E-state index is 0.214. The van der Waals surface area contributed by atoms with Crippen molar-refractivity contribution in [1.82, 2.24) is 0 Å². The molecule has 144 valence electrons. The van der Waals surface area contributed by atoms with E-state index in [4.69, 9.17) is 18.9 Å². The SMILES string of the molecule is CCc1ccc(C(=O)COC(=O)/C=C/c2cc(OC)c(OC)c(OC)c2)s1. The molecule has 0 bridgehead atoms. The summed E-state index contributed by atoms with van der Waals surface area (Å²) in [6.45, 7) is 1.73. The van der Waals surface area contributed by atoms with Gasteiger partial charge in [0.15, 0.2) is 18.1 Å². The van der Waals surface area contributed by atoms with Crippen LogP contribution in [-0.4, -0.2) is 39.7 Å². The van der Waals surface area contributed by atoms with Gasteiger partial charge in [0.1, 0.15) is 0 Å². The number of aryl methyl sites for hydroxylation is 1. The maximum atomic E-state index is 12.1. The number of ketones is 1. The van der Waals surface area contributed by atoms with E-state index >= 15 is 0 Å². The summed E-state index contributed by atoms with van der Waals surface area (Å²) >= 11 is 1.42. The van der Waals surface area contributed by atoms with E-state index in [9.17, 15) is 9.59 Å². The number of hydrogen-bond donors (Lipinski definition) is 0. The monoisotopic (exact) mass is 390 g/mol. The number of rotatable bonds is 9. The highest BCUT2D eigenvalue weighted by atomic mass is 32.1. The molecule has 0 atom stereocenters. The lowest BCUT2D eigenvalue weighted by molar-refractivity contribution is -0.136. The Morgan fingerprint density at radius 1 is 1.04 bits per heavy atom. The summed E-state index contributed by atoms with van der Waals surface area (Å²) in [6, 6.07) is 7.07. The van der Waals surface area contributed by atoms with Crippen LogP contribution < -0.4 is 14.2 Å². The minimum Gasteiger partial charge on any atom is -0.493 e. The molecular formula is C20H22O6S. The molecule has 0 N–H and O–H groups in total. The van der Waals surface area contributed by atoms with E-state index in [1.54, 1.807) is 24.3 Å². The second kappa shape index (κ2) is 9.78. The Hall–Kier alpha value is -2.80. The molecule has 0 spiro atoms. The van der Waals surface area contributed by atoms with Gasteiger partial charge in [0.2, 0.25) is 11.5 Å². The highest BCUT2D eigenvalue weighted by molar-refractivity contribution is 7.14. The maximum absolute atomic E-state index is 12.1. The molecule has 0 aliphatic heterocycles. The molecular weight excluding hydrogens is 368 g/mol. The predicted octanol–water partition coefficient (Wildman–Crippen LogP) is 3.78. The molecule has 0 aliphatic rings. The normalized spacial score (nSPS) is 10.7. The number of benzene rings is 1. The largest absolute Gasteiger partial charge is 0.493 e. The molecule has 6 nitrogen and oxygen atoms in total. The first-order valence-electron chi connectivity index (χ1n) is 8.29. The van der Waals surface area contributed by atoms with Crippen molar-refractivity contribution < 1.29 is 28.5 Å². The van der Waals surface area contributed by atoms with Crippen molar-refractivity contribution in [2.75, 3.05) is 27.9 Å². The van der Waals surface area contributed by atoms with Crippen LogP contribution in [0.2, 0.25) is 0 Å². The van der Waals surface area contributed by atoms with E-state index in [0.717, 1.165) is 11.3 Å². The van der Waals surface area contributed by atoms with E-state index in [-0.39, 0.29) is 12.4 Å². The molecule has 0 amide bonds. The molecule has 1 heterocycles. The van der Waals surface area contributed by atoms with Crippen molar-refractivity contribution in [3.05, 3.63) is 45.7 Å². The molecule has 2 aromatic rings. The fourth-order valence-electron chi connectivity index (χ4n) is 2.34. The molecule has 2 rings (SSSR count). The molecule has 0 fully saturated rings. The van der Waals surface area contributed by atoms with Crippen LogP contribution in [0.25, 0.3) is 6.08 Å². The highest BCUT2D eigenvalue weighted by Crippen LogP contribution is 2.38. The molecule has 0 radical (unpaired) electrons. The summed E-state index contributed by atoms with van der Waals surface area (Å²) in [4.78, 5) is 25.7. The zero-order chi connectivity index (χ0) is 19.8. The van der Waals surface area contributed by atoms with Crippen LogP contribution in [0.4, 0.5) is 0 Å². The second-order valence-corrected chi connectivity index (χ2v) is 6.61. The maximum Gasteiger partial charge on any atom is 0.331 e. The average molecular weight is 390 g/mol. The summed E-state index contributed by atoms with van der Waals surface area (Å²) in [5, 5.41) is 0. The van der Waals surface area contributed by atoms with Crippen molar-refractivity contribution >= 4 is 29.2 Å². The van der Waals surface area contributed by atoms with Gasteiger partial charge in [-0.3, -0.25) is 4.79 Å². The third-order valence-electron chi connectivity index (χ3n) is 3.73. The average Bonchev–Trinajstić information content (AvgIpc) is 3.18. The van der Waals surface area contributed by atoms with E-state index in [0.29, 0.717) is 27.7 Å². The Morgan fingerprint density at radius 2 is 1.70 bits per heavy atom. The van der Waals surface area contributed by atoms with Gasteiger partial charge < -0.3 is 18.9 Å². The number of ether oxygens (including phenoxy) is 4. The predicted molar refractivity (Wildman–Crippen MR) is 104 cm³/mol. The Bertz CT molecular complexity index is 812. The van der Waals surface area contributed by atoms with Crippen LogP contribution in [0.3, 0.4) is 0 Å². The zero-order valence-electron chi connectivity index (χ0n) is 15.7. The molecule has 1 aromatic carbocycles. The number of thiophene rings is 1. The van der Waals surface area contributed by atoms with Gasteiger partial charge in [0.25, 0.3) is 0 Å². The van der Waals surface area contributed by atoms with Crippen LogP contribution >= 0.6 is 11.3 Å². The molecule has 0 saturated heterocycles. The van der Waals surface area contributed by atoms with Gasteiger partial charge in [-0.1, -0.05) is 6.92 Å². The van der Waals surface area contributed by atoms with Crippen molar-refractivity contribution in [2.24, 2.45) is 0 Å². The van der Waals surface area contributed by atoms with Crippen LogP contribution in [0.5, 0.6) is 17.2 Å². The van der Waals surface area contributed by atoms with E-state index in [1.807, 2.05) is 13.0 Å². The summed E-state index contributed by atoms with van der Waals surface area (Å²) < 4.78 is 20.8. The van der Waals surface area contributed by atoms with Crippen molar-refractivity contribution in [3.8, 4) is 17.2 Å². The smallest absolute Gasteiger partial charge is 0.331 e. The number of esters is 1. The third kappa shape index (κ3) is 5.34. The van der Waals surface area contributed by atoms with Gasteiger partial charge >= 0.3 is 5.97 Å². The molecule has 1 aromatic heterocycles. The lowest BCUT2D eigenvalue weighted by Crippen LogP contribution is -2.11. The van der Waals surface area contributed by atoms with Crippen LogP contribution in [0.1, 0.15) is 27.0 Å². The fourth-order valence-corrected chi connectivity index (χ4v) is 3.21. The van der Waals surface area contributed by atoms with Crippen molar-refractivity contribution in [1.29, 1.82) is 0 Å². The van der Waals surface area contributed by atoms with Crippen LogP contribution in [0, 0.1) is 0 Å². The summed E-state index contributed by atoms with van der Waals surface area (Å²) in [6.07, 6.45) is 3.67. The van der Waals surface area contributed by atoms with E-state index in [1.165, 1.54) is 38.7 Å². The minimum atomic E-state index is -0.607. The Balaban J connectivity index is 2.00. The van der Waals surface area contributed by atoms with Gasteiger partial charge in [-0.05, 0) is 42.3 Å². The number of hydrogen-bond acceptors (Lipinski definition) is 7. The summed E-state index contributed by atoms with van der Waals surface area (Å²) in [5.74, 6) is 0.597. The van der Waals surface area contributed by atoms with Crippen LogP contribution in [0.15, 0.2) is 30.3 Å². The second-order valence-electron chi connectivity index (χ2n) is 5.44. The lowest BCUT2D eigenvalue weighted by atomic mass is 10.1. The number of methoxy groups -OCH3 is 3. The topological polar surface area (TPSA) is 71.1 Å². The molecule has 0 saturated carbocycles. The van der Waals surface area contributed by atoms with Gasteiger partial charge in [-0.25, -0.2) is 4.79 Å². The Morgan fingerprint density at radius 3 is 2.22 bits per heavy atom. The van der Waals surface area contributed by atoms with Gasteiger partial charge in [-0.2, -0.15) is 0 Å². The molecule has 7 heteroatoms. The lowest BCUT2D eigenvalue weighted by Gasteiger charge is -2.12.